The summed E-state index contributed by atoms with van der Waals surface area (Å²) >= 11 is 0. The van der Waals surface area contributed by atoms with Crippen LogP contribution in [0.1, 0.15) is 5.56 Å². The first kappa shape index (κ1) is 16.1. The number of aromatic nitrogens is 1. The highest BCUT2D eigenvalue weighted by Crippen LogP contribution is 2.27. The highest BCUT2D eigenvalue weighted by atomic mass is 16.4. The van der Waals surface area contributed by atoms with E-state index in [1.165, 1.54) is 4.57 Å². The number of oxazole rings is 1. The number of benzene rings is 3. The van der Waals surface area contributed by atoms with Gasteiger partial charge in [0, 0.05) is 13.5 Å². The summed E-state index contributed by atoms with van der Waals surface area (Å²) in [6.07, 6.45) is 0.541. The summed E-state index contributed by atoms with van der Waals surface area (Å²) in [5, 5.41) is 11.1. The molecule has 0 aliphatic rings. The van der Waals surface area contributed by atoms with Crippen LogP contribution in [0.2, 0.25) is 0 Å². The zero-order chi connectivity index (χ0) is 18.3. The number of rotatable bonds is 3. The maximum atomic E-state index is 11.7. The van der Waals surface area contributed by atoms with Crippen molar-refractivity contribution < 1.29 is 4.42 Å². The quantitative estimate of drug-likeness (QED) is 0.618. The first-order valence-corrected chi connectivity index (χ1v) is 8.33. The van der Waals surface area contributed by atoms with Gasteiger partial charge in [0.25, 0.3) is 0 Å². The molecule has 5 heteroatoms. The number of hydrogen-bond donors (Lipinski definition) is 1. The first-order chi connectivity index (χ1) is 12.5. The number of nitriles is 1. The molecule has 0 bridgehead atoms. The van der Waals surface area contributed by atoms with Gasteiger partial charge < -0.3 is 10.2 Å². The Kier molecular flexibility index (Phi) is 3.83. The van der Waals surface area contributed by atoms with Crippen molar-refractivity contribution in [1.82, 2.24) is 4.57 Å². The van der Waals surface area contributed by atoms with Crippen LogP contribution in [-0.4, -0.2) is 10.6 Å². The Morgan fingerprint density at radius 1 is 1.08 bits per heavy atom. The standard InChI is InChI=1S/C21H17N3O2/c1-24-19-11-17(6-7-20(19)26-21(24)25)16-5-4-14-8-13(9-18(23)12-22)2-3-15(14)10-16/h2-8,10-11,18H,9,23H2,1H3. The smallest absolute Gasteiger partial charge is 0.408 e. The summed E-state index contributed by atoms with van der Waals surface area (Å²) in [6.45, 7) is 0. The molecule has 0 amide bonds. The van der Waals surface area contributed by atoms with Gasteiger partial charge in [0.15, 0.2) is 5.58 Å². The van der Waals surface area contributed by atoms with Crippen LogP contribution in [0.25, 0.3) is 33.0 Å². The Bertz CT molecular complexity index is 1230. The van der Waals surface area contributed by atoms with Crippen LogP contribution in [0.5, 0.6) is 0 Å². The predicted octanol–water partition coefficient (Wildman–Crippen LogP) is 3.35. The lowest BCUT2D eigenvalue weighted by atomic mass is 9.98. The van der Waals surface area contributed by atoms with Gasteiger partial charge in [0.1, 0.15) is 0 Å². The second kappa shape index (κ2) is 6.17. The normalized spacial score (nSPS) is 12.3. The Labute approximate surface area is 149 Å². The number of hydrogen-bond acceptors (Lipinski definition) is 4. The second-order valence-electron chi connectivity index (χ2n) is 6.45. The van der Waals surface area contributed by atoms with Crippen molar-refractivity contribution in [2.24, 2.45) is 12.8 Å². The summed E-state index contributed by atoms with van der Waals surface area (Å²) < 4.78 is 6.69. The van der Waals surface area contributed by atoms with Crippen LogP contribution in [0.15, 0.2) is 63.8 Å². The predicted molar refractivity (Wildman–Crippen MR) is 102 cm³/mol. The van der Waals surface area contributed by atoms with E-state index < -0.39 is 6.04 Å². The zero-order valence-electron chi connectivity index (χ0n) is 14.3. The molecule has 3 aromatic carbocycles. The van der Waals surface area contributed by atoms with Crippen LogP contribution < -0.4 is 11.5 Å². The van der Waals surface area contributed by atoms with Crippen LogP contribution >= 0.6 is 0 Å². The Morgan fingerprint density at radius 3 is 2.58 bits per heavy atom. The minimum absolute atomic E-state index is 0.362. The van der Waals surface area contributed by atoms with Gasteiger partial charge in [-0.2, -0.15) is 5.26 Å². The largest absolute Gasteiger partial charge is 0.419 e. The Balaban J connectivity index is 1.75. The van der Waals surface area contributed by atoms with Crippen LogP contribution in [0.3, 0.4) is 0 Å². The summed E-state index contributed by atoms with van der Waals surface area (Å²) in [7, 11) is 1.70. The molecule has 0 saturated heterocycles. The molecule has 5 nitrogen and oxygen atoms in total. The summed E-state index contributed by atoms with van der Waals surface area (Å²) in [4.78, 5) is 11.7. The molecule has 0 spiro atoms. The minimum Gasteiger partial charge on any atom is -0.408 e. The molecule has 0 radical (unpaired) electrons. The van der Waals surface area contributed by atoms with E-state index >= 15 is 0 Å². The molecular formula is C21H17N3O2. The van der Waals surface area contributed by atoms with Crippen LogP contribution in [0.4, 0.5) is 0 Å². The van der Waals surface area contributed by atoms with E-state index in [-0.39, 0.29) is 5.76 Å². The van der Waals surface area contributed by atoms with Gasteiger partial charge in [0.2, 0.25) is 0 Å². The Hall–Kier alpha value is -3.36. The molecule has 4 rings (SSSR count). The summed E-state index contributed by atoms with van der Waals surface area (Å²) in [6, 6.07) is 19.7. The zero-order valence-corrected chi connectivity index (χ0v) is 14.3. The maximum absolute atomic E-state index is 11.7. The third-order valence-corrected chi connectivity index (χ3v) is 4.65. The average Bonchev–Trinajstić information content (AvgIpc) is 2.95. The SMILES string of the molecule is Cn1c(=O)oc2ccc(-c3ccc4cc(CC(N)C#N)ccc4c3)cc21. The van der Waals surface area contributed by atoms with Crippen molar-refractivity contribution in [3.05, 3.63) is 70.7 Å². The summed E-state index contributed by atoms with van der Waals surface area (Å²) in [5.74, 6) is -0.362. The van der Waals surface area contributed by atoms with Crippen molar-refractivity contribution >= 4 is 21.9 Å². The number of nitrogens with zero attached hydrogens (tertiary/aromatic N) is 2. The maximum Gasteiger partial charge on any atom is 0.419 e. The molecule has 0 saturated carbocycles. The van der Waals surface area contributed by atoms with E-state index in [9.17, 15) is 4.79 Å². The molecule has 1 atom stereocenters. The van der Waals surface area contributed by atoms with Crippen molar-refractivity contribution in [3.63, 3.8) is 0 Å². The van der Waals surface area contributed by atoms with E-state index in [2.05, 4.69) is 30.3 Å². The lowest BCUT2D eigenvalue weighted by molar-refractivity contribution is 0.528. The lowest BCUT2D eigenvalue weighted by Gasteiger charge is -2.08. The average molecular weight is 343 g/mol. The highest BCUT2D eigenvalue weighted by molar-refractivity contribution is 5.89. The summed E-state index contributed by atoms with van der Waals surface area (Å²) in [5.41, 5.74) is 10.2. The Morgan fingerprint density at radius 2 is 1.77 bits per heavy atom. The fraction of sp³-hybridized carbons (Fsp3) is 0.143. The molecule has 1 heterocycles. The monoisotopic (exact) mass is 343 g/mol. The van der Waals surface area contributed by atoms with Crippen LogP contribution in [0, 0.1) is 11.3 Å². The number of nitrogens with two attached hydrogens (primary N) is 1. The van der Waals surface area contributed by atoms with E-state index in [4.69, 9.17) is 15.4 Å². The topological polar surface area (TPSA) is 84.9 Å². The fourth-order valence-electron chi connectivity index (χ4n) is 3.21. The molecule has 128 valence electrons. The van der Waals surface area contributed by atoms with Crippen molar-refractivity contribution in [1.29, 1.82) is 5.26 Å². The highest BCUT2D eigenvalue weighted by Gasteiger charge is 2.09. The fourth-order valence-corrected chi connectivity index (χ4v) is 3.21. The van der Waals surface area contributed by atoms with Gasteiger partial charge in [-0.15, -0.1) is 0 Å². The third kappa shape index (κ3) is 2.77. The molecule has 2 N–H and O–H groups in total. The molecule has 0 fully saturated rings. The second-order valence-corrected chi connectivity index (χ2v) is 6.45. The van der Waals surface area contributed by atoms with Gasteiger partial charge >= 0.3 is 5.76 Å². The van der Waals surface area contributed by atoms with Gasteiger partial charge in [-0.1, -0.05) is 36.4 Å². The molecule has 0 aliphatic heterocycles. The lowest BCUT2D eigenvalue weighted by Crippen LogP contribution is -2.19. The van der Waals surface area contributed by atoms with Crippen molar-refractivity contribution in [3.8, 4) is 17.2 Å². The van der Waals surface area contributed by atoms with E-state index in [0.717, 1.165) is 33.0 Å². The number of aryl methyl sites for hydroxylation is 1. The minimum atomic E-state index is -0.486. The van der Waals surface area contributed by atoms with Crippen molar-refractivity contribution in [2.45, 2.75) is 12.5 Å². The molecule has 4 aromatic rings. The van der Waals surface area contributed by atoms with E-state index in [1.54, 1.807) is 7.05 Å². The van der Waals surface area contributed by atoms with E-state index in [1.807, 2.05) is 30.3 Å². The molecule has 26 heavy (non-hydrogen) atoms. The van der Waals surface area contributed by atoms with Gasteiger partial charge in [0.05, 0.1) is 17.6 Å². The van der Waals surface area contributed by atoms with Gasteiger partial charge in [-0.05, 0) is 45.7 Å². The van der Waals surface area contributed by atoms with Gasteiger partial charge in [-0.3, -0.25) is 4.57 Å². The first-order valence-electron chi connectivity index (χ1n) is 8.33. The number of fused-ring (bicyclic) bond motifs is 2. The molecule has 0 aliphatic carbocycles. The molecule has 1 aromatic heterocycles. The third-order valence-electron chi connectivity index (χ3n) is 4.65. The van der Waals surface area contributed by atoms with Gasteiger partial charge in [-0.25, -0.2) is 4.79 Å². The molecule has 1 unspecified atom stereocenters. The van der Waals surface area contributed by atoms with Crippen LogP contribution in [-0.2, 0) is 13.5 Å². The molecular weight excluding hydrogens is 326 g/mol. The van der Waals surface area contributed by atoms with Crippen molar-refractivity contribution in [2.75, 3.05) is 0 Å². The van der Waals surface area contributed by atoms with E-state index in [0.29, 0.717) is 12.0 Å².